The van der Waals surface area contributed by atoms with E-state index < -0.39 is 0 Å². The van der Waals surface area contributed by atoms with Gasteiger partial charge in [-0.15, -0.1) is 0 Å². The van der Waals surface area contributed by atoms with Gasteiger partial charge < -0.3 is 14.7 Å². The number of benzene rings is 1. The van der Waals surface area contributed by atoms with Gasteiger partial charge in [-0.05, 0) is 42.5 Å². The molecule has 1 saturated heterocycles. The summed E-state index contributed by atoms with van der Waals surface area (Å²) in [6.07, 6.45) is 4.38. The number of carbonyl (C=O) groups is 1. The summed E-state index contributed by atoms with van der Waals surface area (Å²) in [5, 5.41) is 7.13. The standard InChI is InChI=1S/C23H27N5O2/c1-3-17-6-8-18(9-7-17)15-25-23(29)19-10-13-28(14-11-19)22-20(5-4-12-24-22)21-26-16(2)30-27-21/h4-9,12,19H,3,10-11,13-15H2,1-2H3,(H,25,29). The van der Waals surface area contributed by atoms with Crippen molar-refractivity contribution < 1.29 is 9.32 Å². The van der Waals surface area contributed by atoms with Crippen molar-refractivity contribution in [2.45, 2.75) is 39.7 Å². The van der Waals surface area contributed by atoms with E-state index in [4.69, 9.17) is 4.52 Å². The normalized spacial score (nSPS) is 14.7. The van der Waals surface area contributed by atoms with Gasteiger partial charge >= 0.3 is 0 Å². The Balaban J connectivity index is 1.34. The monoisotopic (exact) mass is 405 g/mol. The van der Waals surface area contributed by atoms with E-state index in [-0.39, 0.29) is 11.8 Å². The molecule has 0 saturated carbocycles. The second-order valence-electron chi connectivity index (χ2n) is 7.66. The first-order valence-electron chi connectivity index (χ1n) is 10.5. The predicted molar refractivity (Wildman–Crippen MR) is 115 cm³/mol. The number of rotatable bonds is 6. The number of nitrogens with one attached hydrogen (secondary N) is 1. The Morgan fingerprint density at radius 1 is 1.17 bits per heavy atom. The van der Waals surface area contributed by atoms with Crippen LogP contribution in [-0.4, -0.2) is 34.1 Å². The van der Waals surface area contributed by atoms with Crippen LogP contribution in [0.4, 0.5) is 5.82 Å². The second kappa shape index (κ2) is 9.07. The van der Waals surface area contributed by atoms with Crippen LogP contribution < -0.4 is 10.2 Å². The third-order valence-corrected chi connectivity index (χ3v) is 5.62. The van der Waals surface area contributed by atoms with Crippen LogP contribution in [0, 0.1) is 12.8 Å². The number of anilines is 1. The van der Waals surface area contributed by atoms with E-state index >= 15 is 0 Å². The average molecular weight is 406 g/mol. The number of amides is 1. The fourth-order valence-corrected chi connectivity index (χ4v) is 3.81. The zero-order valence-electron chi connectivity index (χ0n) is 17.5. The van der Waals surface area contributed by atoms with E-state index in [9.17, 15) is 4.79 Å². The van der Waals surface area contributed by atoms with Crippen molar-refractivity contribution >= 4 is 11.7 Å². The molecule has 1 aromatic carbocycles. The minimum Gasteiger partial charge on any atom is -0.356 e. The highest BCUT2D eigenvalue weighted by atomic mass is 16.5. The van der Waals surface area contributed by atoms with Gasteiger partial charge in [0.25, 0.3) is 0 Å². The molecule has 30 heavy (non-hydrogen) atoms. The molecule has 3 aromatic rings. The molecule has 0 atom stereocenters. The first-order valence-corrected chi connectivity index (χ1v) is 10.5. The molecule has 0 bridgehead atoms. The van der Waals surface area contributed by atoms with Crippen LogP contribution in [0.1, 0.15) is 36.8 Å². The molecular weight excluding hydrogens is 378 g/mol. The third-order valence-electron chi connectivity index (χ3n) is 5.62. The number of aromatic nitrogens is 3. The van der Waals surface area contributed by atoms with Crippen LogP contribution in [0.25, 0.3) is 11.4 Å². The van der Waals surface area contributed by atoms with Crippen molar-refractivity contribution in [3.05, 3.63) is 59.6 Å². The topological polar surface area (TPSA) is 84.2 Å². The van der Waals surface area contributed by atoms with Gasteiger partial charge in [0.2, 0.25) is 17.6 Å². The van der Waals surface area contributed by atoms with Gasteiger partial charge in [0.05, 0.1) is 5.56 Å². The molecule has 7 heteroatoms. The Bertz CT molecular complexity index is 991. The minimum absolute atomic E-state index is 0.0238. The second-order valence-corrected chi connectivity index (χ2v) is 7.66. The predicted octanol–water partition coefficient (Wildman–Crippen LogP) is 3.54. The van der Waals surface area contributed by atoms with Gasteiger partial charge in [-0.25, -0.2) is 4.98 Å². The molecule has 3 heterocycles. The highest BCUT2D eigenvalue weighted by Crippen LogP contribution is 2.30. The Labute approximate surface area is 176 Å². The molecule has 1 amide bonds. The van der Waals surface area contributed by atoms with Gasteiger partial charge in [-0.3, -0.25) is 4.79 Å². The number of pyridine rings is 1. The molecule has 4 rings (SSSR count). The van der Waals surface area contributed by atoms with E-state index in [1.165, 1.54) is 5.56 Å². The lowest BCUT2D eigenvalue weighted by molar-refractivity contribution is -0.125. The van der Waals surface area contributed by atoms with Crippen LogP contribution in [0.2, 0.25) is 0 Å². The van der Waals surface area contributed by atoms with Crippen LogP contribution in [0.3, 0.4) is 0 Å². The molecule has 1 aliphatic heterocycles. The molecule has 0 unspecified atom stereocenters. The Morgan fingerprint density at radius 3 is 2.57 bits per heavy atom. The number of hydrogen-bond donors (Lipinski definition) is 1. The fourth-order valence-electron chi connectivity index (χ4n) is 3.81. The average Bonchev–Trinajstić information content (AvgIpc) is 3.24. The first-order chi connectivity index (χ1) is 14.6. The molecule has 0 spiro atoms. The number of aryl methyl sites for hydroxylation is 2. The Morgan fingerprint density at radius 2 is 1.90 bits per heavy atom. The van der Waals surface area contributed by atoms with Crippen molar-refractivity contribution in [1.29, 1.82) is 0 Å². The summed E-state index contributed by atoms with van der Waals surface area (Å²) in [4.78, 5) is 23.7. The lowest BCUT2D eigenvalue weighted by atomic mass is 9.95. The summed E-state index contributed by atoms with van der Waals surface area (Å²) in [5.74, 6) is 2.07. The van der Waals surface area contributed by atoms with E-state index in [0.29, 0.717) is 18.3 Å². The third kappa shape index (κ3) is 4.50. The van der Waals surface area contributed by atoms with E-state index in [2.05, 4.69) is 56.5 Å². The number of piperidine rings is 1. The molecule has 0 radical (unpaired) electrons. The zero-order valence-corrected chi connectivity index (χ0v) is 17.5. The summed E-state index contributed by atoms with van der Waals surface area (Å²) >= 11 is 0. The Kier molecular flexibility index (Phi) is 6.07. The highest BCUT2D eigenvalue weighted by Gasteiger charge is 2.27. The highest BCUT2D eigenvalue weighted by molar-refractivity contribution is 5.79. The van der Waals surface area contributed by atoms with Crippen molar-refractivity contribution in [2.75, 3.05) is 18.0 Å². The van der Waals surface area contributed by atoms with Gasteiger partial charge in [0.15, 0.2) is 0 Å². The van der Waals surface area contributed by atoms with Crippen molar-refractivity contribution in [1.82, 2.24) is 20.4 Å². The van der Waals surface area contributed by atoms with E-state index in [1.54, 1.807) is 13.1 Å². The minimum atomic E-state index is 0.0238. The first kappa shape index (κ1) is 20.1. The number of carbonyl (C=O) groups excluding carboxylic acids is 1. The maximum atomic E-state index is 12.7. The fraction of sp³-hybridized carbons (Fsp3) is 0.391. The van der Waals surface area contributed by atoms with Crippen molar-refractivity contribution in [3.8, 4) is 11.4 Å². The summed E-state index contributed by atoms with van der Waals surface area (Å²) in [6, 6.07) is 12.2. The number of hydrogen-bond acceptors (Lipinski definition) is 6. The van der Waals surface area contributed by atoms with E-state index in [1.807, 2.05) is 12.1 Å². The van der Waals surface area contributed by atoms with Crippen LogP contribution in [0.5, 0.6) is 0 Å². The largest absolute Gasteiger partial charge is 0.356 e. The maximum Gasteiger partial charge on any atom is 0.223 e. The summed E-state index contributed by atoms with van der Waals surface area (Å²) in [7, 11) is 0. The van der Waals surface area contributed by atoms with Crippen LogP contribution >= 0.6 is 0 Å². The summed E-state index contributed by atoms with van der Waals surface area (Å²) in [5.41, 5.74) is 3.29. The van der Waals surface area contributed by atoms with E-state index in [0.717, 1.165) is 49.3 Å². The molecule has 1 aliphatic rings. The van der Waals surface area contributed by atoms with Gasteiger partial charge in [-0.2, -0.15) is 4.98 Å². The smallest absolute Gasteiger partial charge is 0.223 e. The lowest BCUT2D eigenvalue weighted by Gasteiger charge is -2.32. The van der Waals surface area contributed by atoms with Gasteiger partial charge in [0.1, 0.15) is 5.82 Å². The SMILES string of the molecule is CCc1ccc(CNC(=O)C2CCN(c3ncccc3-c3noc(C)n3)CC2)cc1. The van der Waals surface area contributed by atoms with Gasteiger partial charge in [0, 0.05) is 38.7 Å². The molecule has 0 aliphatic carbocycles. The van der Waals surface area contributed by atoms with Crippen LogP contribution in [0.15, 0.2) is 47.1 Å². The lowest BCUT2D eigenvalue weighted by Crippen LogP contribution is -2.40. The molecule has 1 N–H and O–H groups in total. The van der Waals surface area contributed by atoms with Crippen molar-refractivity contribution in [2.24, 2.45) is 5.92 Å². The number of nitrogens with zero attached hydrogens (tertiary/aromatic N) is 4. The molecule has 156 valence electrons. The summed E-state index contributed by atoms with van der Waals surface area (Å²) in [6.45, 7) is 6.02. The zero-order chi connectivity index (χ0) is 20.9. The maximum absolute atomic E-state index is 12.7. The summed E-state index contributed by atoms with van der Waals surface area (Å²) < 4.78 is 5.13. The molecule has 2 aromatic heterocycles. The molecular formula is C23H27N5O2. The van der Waals surface area contributed by atoms with Crippen LogP contribution in [-0.2, 0) is 17.8 Å². The Hall–Kier alpha value is -3.22. The molecule has 7 nitrogen and oxygen atoms in total. The molecule has 1 fully saturated rings. The van der Waals surface area contributed by atoms with Crippen molar-refractivity contribution in [3.63, 3.8) is 0 Å². The quantitative estimate of drug-likeness (QED) is 0.675. The van der Waals surface area contributed by atoms with Gasteiger partial charge in [-0.1, -0.05) is 36.3 Å².